The Kier molecular flexibility index (Phi) is 4.83. The molecule has 1 saturated carbocycles. The summed E-state index contributed by atoms with van der Waals surface area (Å²) in [6.07, 6.45) is 2.43. The number of piperazine rings is 1. The normalized spacial score (nSPS) is 27.4. The van der Waals surface area contributed by atoms with E-state index in [-0.39, 0.29) is 17.7 Å². The molecule has 1 aromatic rings. The summed E-state index contributed by atoms with van der Waals surface area (Å²) in [4.78, 5) is 38.2. The van der Waals surface area contributed by atoms with Gasteiger partial charge in [0.15, 0.2) is 0 Å². The van der Waals surface area contributed by atoms with E-state index in [4.69, 9.17) is 0 Å². The molecule has 3 unspecified atom stereocenters. The van der Waals surface area contributed by atoms with Gasteiger partial charge in [-0.1, -0.05) is 36.8 Å². The van der Waals surface area contributed by atoms with Crippen LogP contribution < -0.4 is 5.32 Å². The monoisotopic (exact) mass is 330 g/mol. The predicted octanol–water partition coefficient (Wildman–Crippen LogP) is 1.58. The molecule has 1 heterocycles. The molecule has 1 aliphatic heterocycles. The van der Waals surface area contributed by atoms with Gasteiger partial charge in [0.2, 0.25) is 11.8 Å². The first-order chi connectivity index (χ1) is 11.6. The summed E-state index contributed by atoms with van der Waals surface area (Å²) in [6, 6.07) is 8.63. The van der Waals surface area contributed by atoms with Gasteiger partial charge < -0.3 is 15.3 Å². The number of amides is 2. The van der Waals surface area contributed by atoms with Gasteiger partial charge in [-0.05, 0) is 24.8 Å². The third-order valence-corrected chi connectivity index (χ3v) is 4.98. The van der Waals surface area contributed by atoms with Crippen LogP contribution in [0.1, 0.15) is 37.3 Å². The first-order valence-corrected chi connectivity index (χ1v) is 8.44. The number of carboxylic acid groups (broad SMARTS) is 1. The highest BCUT2D eigenvalue weighted by molar-refractivity contribution is 5.90. The van der Waals surface area contributed by atoms with Crippen LogP contribution >= 0.6 is 0 Å². The zero-order valence-corrected chi connectivity index (χ0v) is 13.5. The summed E-state index contributed by atoms with van der Waals surface area (Å²) < 4.78 is 0. The van der Waals surface area contributed by atoms with Crippen LogP contribution in [0, 0.1) is 11.8 Å². The van der Waals surface area contributed by atoms with Crippen molar-refractivity contribution in [1.82, 2.24) is 10.2 Å². The third-order valence-electron chi connectivity index (χ3n) is 4.98. The summed E-state index contributed by atoms with van der Waals surface area (Å²) in [5.74, 6) is -1.86. The van der Waals surface area contributed by atoms with Crippen LogP contribution in [0.25, 0.3) is 0 Å². The number of carbonyl (C=O) groups is 3. The van der Waals surface area contributed by atoms with Gasteiger partial charge in [-0.2, -0.15) is 0 Å². The van der Waals surface area contributed by atoms with Crippen molar-refractivity contribution in [3.05, 3.63) is 35.9 Å². The van der Waals surface area contributed by atoms with Gasteiger partial charge >= 0.3 is 5.97 Å². The number of hydrogen-bond donors (Lipinski definition) is 2. The fraction of sp³-hybridized carbons (Fsp3) is 0.500. The van der Waals surface area contributed by atoms with Crippen LogP contribution in [0.4, 0.5) is 0 Å². The molecule has 2 fully saturated rings. The highest BCUT2D eigenvalue weighted by atomic mass is 16.4. The summed E-state index contributed by atoms with van der Waals surface area (Å²) in [5, 5.41) is 12.0. The molecule has 0 bridgehead atoms. The number of aliphatic carboxylic acids is 1. The summed E-state index contributed by atoms with van der Waals surface area (Å²) >= 11 is 0. The van der Waals surface area contributed by atoms with Gasteiger partial charge in [0.25, 0.3) is 0 Å². The molecule has 24 heavy (non-hydrogen) atoms. The fourth-order valence-corrected chi connectivity index (χ4v) is 3.74. The molecule has 0 spiro atoms. The molecule has 6 heteroatoms. The third kappa shape index (κ3) is 3.27. The number of nitrogens with zero attached hydrogens (tertiary/aromatic N) is 1. The lowest BCUT2D eigenvalue weighted by Crippen LogP contribution is -2.54. The lowest BCUT2D eigenvalue weighted by Gasteiger charge is -2.38. The number of hydrogen-bond acceptors (Lipinski definition) is 3. The molecular weight excluding hydrogens is 308 g/mol. The highest BCUT2D eigenvalue weighted by Crippen LogP contribution is 2.33. The van der Waals surface area contributed by atoms with Crippen LogP contribution in [0.15, 0.2) is 30.3 Å². The molecule has 2 aliphatic rings. The summed E-state index contributed by atoms with van der Waals surface area (Å²) in [7, 11) is 0. The number of carbonyl (C=O) groups excluding carboxylic acids is 2. The van der Waals surface area contributed by atoms with Crippen molar-refractivity contribution in [1.29, 1.82) is 0 Å². The Hall–Kier alpha value is -2.37. The fourth-order valence-electron chi connectivity index (χ4n) is 3.74. The molecule has 0 radical (unpaired) electrons. The second-order valence-corrected chi connectivity index (χ2v) is 6.53. The van der Waals surface area contributed by atoms with Crippen LogP contribution in [-0.2, 0) is 14.4 Å². The van der Waals surface area contributed by atoms with Gasteiger partial charge in [-0.15, -0.1) is 0 Å². The molecule has 128 valence electrons. The number of carboxylic acids is 1. The van der Waals surface area contributed by atoms with E-state index in [0.29, 0.717) is 32.4 Å². The molecule has 3 rings (SSSR count). The Morgan fingerprint density at radius 2 is 1.83 bits per heavy atom. The van der Waals surface area contributed by atoms with Gasteiger partial charge in [-0.3, -0.25) is 14.4 Å². The molecule has 3 atom stereocenters. The van der Waals surface area contributed by atoms with Crippen molar-refractivity contribution >= 4 is 17.8 Å². The zero-order valence-electron chi connectivity index (χ0n) is 13.5. The van der Waals surface area contributed by atoms with Crippen LogP contribution in [-0.4, -0.2) is 40.9 Å². The Balaban J connectivity index is 1.81. The van der Waals surface area contributed by atoms with Crippen molar-refractivity contribution in [2.45, 2.75) is 31.7 Å². The first-order valence-electron chi connectivity index (χ1n) is 8.44. The van der Waals surface area contributed by atoms with Crippen LogP contribution in [0.3, 0.4) is 0 Å². The van der Waals surface area contributed by atoms with Gasteiger partial charge in [0.1, 0.15) is 6.04 Å². The van der Waals surface area contributed by atoms with Gasteiger partial charge in [-0.25, -0.2) is 0 Å². The Morgan fingerprint density at radius 3 is 2.54 bits per heavy atom. The van der Waals surface area contributed by atoms with E-state index in [1.165, 1.54) is 0 Å². The van der Waals surface area contributed by atoms with Crippen LogP contribution in [0.2, 0.25) is 0 Å². The number of rotatable bonds is 3. The van der Waals surface area contributed by atoms with Crippen molar-refractivity contribution in [3.63, 3.8) is 0 Å². The Labute approximate surface area is 140 Å². The van der Waals surface area contributed by atoms with E-state index in [2.05, 4.69) is 5.32 Å². The van der Waals surface area contributed by atoms with E-state index in [1.54, 1.807) is 4.90 Å². The number of nitrogens with one attached hydrogen (secondary N) is 1. The maximum absolute atomic E-state index is 13.0. The largest absolute Gasteiger partial charge is 0.481 e. The SMILES string of the molecule is O=C(O)C1CCCC(C(=O)N2CCNC(=O)C2c2ccccc2)C1. The van der Waals surface area contributed by atoms with Crippen molar-refractivity contribution in [3.8, 4) is 0 Å². The van der Waals surface area contributed by atoms with E-state index < -0.39 is 17.9 Å². The molecule has 0 aromatic heterocycles. The van der Waals surface area contributed by atoms with Crippen molar-refractivity contribution in [2.24, 2.45) is 11.8 Å². The van der Waals surface area contributed by atoms with E-state index in [1.807, 2.05) is 30.3 Å². The minimum Gasteiger partial charge on any atom is -0.481 e. The molecule has 2 amide bonds. The average Bonchev–Trinajstić information content (AvgIpc) is 2.61. The van der Waals surface area contributed by atoms with Crippen LogP contribution in [0.5, 0.6) is 0 Å². The lowest BCUT2D eigenvalue weighted by atomic mass is 9.80. The highest BCUT2D eigenvalue weighted by Gasteiger charge is 2.39. The zero-order chi connectivity index (χ0) is 17.1. The standard InChI is InChI=1S/C18H22N2O4/c21-16-15(12-5-2-1-3-6-12)20(10-9-19-16)17(22)13-7-4-8-14(11-13)18(23)24/h1-3,5-6,13-15H,4,7-11H2,(H,19,21)(H,23,24). The van der Waals surface area contributed by atoms with Gasteiger partial charge in [0.05, 0.1) is 5.92 Å². The topological polar surface area (TPSA) is 86.7 Å². The number of benzene rings is 1. The van der Waals surface area contributed by atoms with E-state index in [0.717, 1.165) is 12.0 Å². The second-order valence-electron chi connectivity index (χ2n) is 6.53. The molecule has 6 nitrogen and oxygen atoms in total. The summed E-state index contributed by atoms with van der Waals surface area (Å²) in [6.45, 7) is 0.890. The maximum Gasteiger partial charge on any atom is 0.306 e. The predicted molar refractivity (Wildman–Crippen MR) is 87.0 cm³/mol. The molecule has 2 N–H and O–H groups in total. The second kappa shape index (κ2) is 7.03. The smallest absolute Gasteiger partial charge is 0.306 e. The van der Waals surface area contributed by atoms with Crippen molar-refractivity contribution in [2.75, 3.05) is 13.1 Å². The quantitative estimate of drug-likeness (QED) is 0.881. The first kappa shape index (κ1) is 16.5. The molecule has 1 aliphatic carbocycles. The Bertz CT molecular complexity index is 631. The lowest BCUT2D eigenvalue weighted by molar-refractivity contribution is -0.150. The van der Waals surface area contributed by atoms with E-state index >= 15 is 0 Å². The minimum absolute atomic E-state index is 0.0929. The Morgan fingerprint density at radius 1 is 1.12 bits per heavy atom. The molecule has 1 saturated heterocycles. The van der Waals surface area contributed by atoms with Gasteiger partial charge in [0, 0.05) is 19.0 Å². The molecule has 1 aromatic carbocycles. The minimum atomic E-state index is -0.830. The average molecular weight is 330 g/mol. The summed E-state index contributed by atoms with van der Waals surface area (Å²) in [5.41, 5.74) is 0.786. The van der Waals surface area contributed by atoms with E-state index in [9.17, 15) is 19.5 Å². The maximum atomic E-state index is 13.0. The van der Waals surface area contributed by atoms with Crippen molar-refractivity contribution < 1.29 is 19.5 Å². The molecular formula is C18H22N2O4.